The Morgan fingerprint density at radius 3 is 2.75 bits per heavy atom. The van der Waals surface area contributed by atoms with Crippen molar-refractivity contribution in [2.45, 2.75) is 11.4 Å². The van der Waals surface area contributed by atoms with E-state index in [2.05, 4.69) is 0 Å². The molecule has 0 unspecified atom stereocenters. The second kappa shape index (κ2) is 4.59. The predicted molar refractivity (Wildman–Crippen MR) is 72.3 cm³/mol. The maximum atomic E-state index is 12.6. The van der Waals surface area contributed by atoms with Gasteiger partial charge in [-0.2, -0.15) is 0 Å². The lowest BCUT2D eigenvalue weighted by Gasteiger charge is -2.19. The number of amides is 1. The minimum Gasteiger partial charge on any atom is -0.493 e. The molecular weight excluding hydrogens is 282 g/mol. The first-order valence-electron chi connectivity index (χ1n) is 6.02. The summed E-state index contributed by atoms with van der Waals surface area (Å²) in [5.41, 5.74) is 1.21. The van der Waals surface area contributed by atoms with Crippen molar-refractivity contribution in [3.05, 3.63) is 23.3 Å². The van der Waals surface area contributed by atoms with Crippen molar-refractivity contribution in [2.75, 3.05) is 20.0 Å². The van der Waals surface area contributed by atoms with E-state index in [1.165, 1.54) is 30.9 Å². The van der Waals surface area contributed by atoms with Crippen LogP contribution in [-0.4, -0.2) is 47.9 Å². The molecule has 0 bridgehead atoms. The number of carbonyl (C=O) groups is 2. The van der Waals surface area contributed by atoms with Crippen LogP contribution in [0.5, 0.6) is 11.5 Å². The maximum absolute atomic E-state index is 12.6. The first-order valence-corrected chi connectivity index (χ1v) is 7.07. The van der Waals surface area contributed by atoms with Gasteiger partial charge in [0.25, 0.3) is 5.91 Å². The van der Waals surface area contributed by atoms with Gasteiger partial charge >= 0.3 is 5.97 Å². The fourth-order valence-corrected chi connectivity index (χ4v) is 4.13. The van der Waals surface area contributed by atoms with Gasteiger partial charge in [0, 0.05) is 11.3 Å². The summed E-state index contributed by atoms with van der Waals surface area (Å²) in [5, 5.41) is 8.97. The van der Waals surface area contributed by atoms with Gasteiger partial charge in [-0.05, 0) is 6.07 Å². The number of methoxy groups -OCH3 is 2. The highest BCUT2D eigenvalue weighted by Gasteiger charge is 2.50. The fraction of sp³-hybridized carbons (Fsp3) is 0.385. The van der Waals surface area contributed by atoms with Crippen LogP contribution < -0.4 is 9.47 Å². The number of nitrogens with zero attached hydrogens (tertiary/aromatic N) is 1. The van der Waals surface area contributed by atoms with Crippen molar-refractivity contribution in [3.63, 3.8) is 0 Å². The number of benzene rings is 1. The number of aliphatic carboxylic acids is 1. The van der Waals surface area contributed by atoms with E-state index < -0.39 is 12.0 Å². The number of fused-ring (bicyclic) bond motifs is 3. The molecule has 1 aromatic carbocycles. The number of carboxylic acids is 1. The third kappa shape index (κ3) is 1.59. The first kappa shape index (κ1) is 13.1. The number of hydrogen-bond acceptors (Lipinski definition) is 5. The standard InChI is InChI=1S/C13H13NO5S/c1-18-8-4-3-6-9(10(8)19-2)11(15)14-7(13(16)17)5-20-12(6)14/h3-4,7,12H,5H2,1-2H3,(H,16,17)/t7-,12+/m0/s1. The molecule has 1 amide bonds. The Morgan fingerprint density at radius 1 is 1.40 bits per heavy atom. The highest BCUT2D eigenvalue weighted by atomic mass is 32.2. The summed E-state index contributed by atoms with van der Waals surface area (Å²) in [6, 6.07) is 2.75. The molecule has 1 fully saturated rings. The van der Waals surface area contributed by atoms with E-state index >= 15 is 0 Å². The average molecular weight is 295 g/mol. The molecule has 2 aliphatic heterocycles. The summed E-state index contributed by atoms with van der Waals surface area (Å²) in [7, 11) is 2.97. The molecule has 3 rings (SSSR count). The van der Waals surface area contributed by atoms with Gasteiger partial charge in [-0.1, -0.05) is 6.07 Å². The molecule has 2 heterocycles. The Kier molecular flexibility index (Phi) is 3.01. The lowest BCUT2D eigenvalue weighted by molar-refractivity contribution is -0.141. The van der Waals surface area contributed by atoms with E-state index in [0.29, 0.717) is 22.8 Å². The smallest absolute Gasteiger partial charge is 0.327 e. The maximum Gasteiger partial charge on any atom is 0.327 e. The minimum absolute atomic E-state index is 0.251. The van der Waals surface area contributed by atoms with Crippen molar-refractivity contribution in [2.24, 2.45) is 0 Å². The van der Waals surface area contributed by atoms with E-state index in [4.69, 9.17) is 9.47 Å². The van der Waals surface area contributed by atoms with Gasteiger partial charge in [0.05, 0.1) is 19.8 Å². The van der Waals surface area contributed by atoms with Gasteiger partial charge in [0.2, 0.25) is 0 Å². The quantitative estimate of drug-likeness (QED) is 0.907. The summed E-state index contributed by atoms with van der Waals surface area (Å²) in [4.78, 5) is 25.2. The Morgan fingerprint density at radius 2 is 2.15 bits per heavy atom. The molecule has 2 aliphatic rings. The summed E-state index contributed by atoms with van der Waals surface area (Å²) in [6.07, 6.45) is 0. The van der Waals surface area contributed by atoms with Crippen molar-refractivity contribution >= 4 is 23.6 Å². The number of carboxylic acid groups (broad SMARTS) is 1. The normalized spacial score (nSPS) is 23.5. The van der Waals surface area contributed by atoms with Crippen LogP contribution in [-0.2, 0) is 4.79 Å². The number of carbonyl (C=O) groups excluding carboxylic acids is 1. The van der Waals surface area contributed by atoms with Gasteiger partial charge in [-0.15, -0.1) is 11.8 Å². The van der Waals surface area contributed by atoms with Crippen LogP contribution in [0.25, 0.3) is 0 Å². The molecule has 2 atom stereocenters. The largest absolute Gasteiger partial charge is 0.493 e. The van der Waals surface area contributed by atoms with Crippen LogP contribution in [0.1, 0.15) is 21.3 Å². The summed E-state index contributed by atoms with van der Waals surface area (Å²) < 4.78 is 10.5. The van der Waals surface area contributed by atoms with Crippen molar-refractivity contribution in [1.29, 1.82) is 0 Å². The molecule has 0 aromatic heterocycles. The van der Waals surface area contributed by atoms with E-state index in [0.717, 1.165) is 5.56 Å². The first-order chi connectivity index (χ1) is 9.60. The van der Waals surface area contributed by atoms with Crippen LogP contribution in [0.2, 0.25) is 0 Å². The zero-order chi connectivity index (χ0) is 14.4. The third-order valence-corrected chi connectivity index (χ3v) is 4.88. The average Bonchev–Trinajstić information content (AvgIpc) is 2.99. The van der Waals surface area contributed by atoms with Gasteiger partial charge in [0.1, 0.15) is 11.4 Å². The molecule has 0 spiro atoms. The lowest BCUT2D eigenvalue weighted by Crippen LogP contribution is -2.39. The molecule has 20 heavy (non-hydrogen) atoms. The third-order valence-electron chi connectivity index (χ3n) is 3.58. The molecule has 7 heteroatoms. The van der Waals surface area contributed by atoms with Gasteiger partial charge in [-0.25, -0.2) is 4.79 Å². The number of thioether (sulfide) groups is 1. The fourth-order valence-electron chi connectivity index (χ4n) is 2.68. The van der Waals surface area contributed by atoms with Crippen LogP contribution in [0.4, 0.5) is 0 Å². The van der Waals surface area contributed by atoms with Crippen molar-refractivity contribution in [1.82, 2.24) is 4.90 Å². The van der Waals surface area contributed by atoms with Gasteiger partial charge < -0.3 is 19.5 Å². The monoisotopic (exact) mass is 295 g/mol. The Hall–Kier alpha value is -1.89. The van der Waals surface area contributed by atoms with Crippen LogP contribution in [0, 0.1) is 0 Å². The molecule has 106 valence electrons. The molecular formula is C13H13NO5S. The Labute approximate surface area is 119 Å². The molecule has 0 aliphatic carbocycles. The topological polar surface area (TPSA) is 76.1 Å². The van der Waals surface area contributed by atoms with Gasteiger partial charge in [0.15, 0.2) is 11.5 Å². The lowest BCUT2D eigenvalue weighted by atomic mass is 10.1. The molecule has 1 saturated heterocycles. The second-order valence-electron chi connectivity index (χ2n) is 4.52. The van der Waals surface area contributed by atoms with E-state index in [9.17, 15) is 14.7 Å². The van der Waals surface area contributed by atoms with E-state index in [1.807, 2.05) is 0 Å². The molecule has 1 aromatic rings. The Balaban J connectivity index is 2.13. The predicted octanol–water partition coefficient (Wildman–Crippen LogP) is 1.36. The minimum atomic E-state index is -0.980. The number of ether oxygens (including phenoxy) is 2. The Bertz CT molecular complexity index is 603. The van der Waals surface area contributed by atoms with Crippen LogP contribution >= 0.6 is 11.8 Å². The number of hydrogen-bond donors (Lipinski definition) is 1. The van der Waals surface area contributed by atoms with Crippen LogP contribution in [0.15, 0.2) is 12.1 Å². The van der Waals surface area contributed by atoms with E-state index in [-0.39, 0.29) is 11.3 Å². The van der Waals surface area contributed by atoms with Crippen molar-refractivity contribution in [3.8, 4) is 11.5 Å². The summed E-state index contributed by atoms with van der Waals surface area (Å²) in [6.45, 7) is 0. The molecule has 0 saturated carbocycles. The SMILES string of the molecule is COc1ccc2c(c1OC)C(=O)N1[C@@H]2SC[C@H]1C(=O)O. The van der Waals surface area contributed by atoms with Gasteiger partial charge in [-0.3, -0.25) is 4.79 Å². The zero-order valence-electron chi connectivity index (χ0n) is 11.0. The van der Waals surface area contributed by atoms with Crippen molar-refractivity contribution < 1.29 is 24.2 Å². The summed E-state index contributed by atoms with van der Waals surface area (Å²) in [5.74, 6) is -0.0449. The highest BCUT2D eigenvalue weighted by Crippen LogP contribution is 2.52. The zero-order valence-corrected chi connectivity index (χ0v) is 11.8. The highest BCUT2D eigenvalue weighted by molar-refractivity contribution is 7.99. The molecule has 1 N–H and O–H groups in total. The molecule has 6 nitrogen and oxygen atoms in total. The summed E-state index contributed by atoms with van der Waals surface area (Å²) >= 11 is 1.46. The number of rotatable bonds is 3. The second-order valence-corrected chi connectivity index (χ2v) is 5.63. The van der Waals surface area contributed by atoms with E-state index in [1.54, 1.807) is 12.1 Å². The van der Waals surface area contributed by atoms with Crippen LogP contribution in [0.3, 0.4) is 0 Å². The molecule has 0 radical (unpaired) electrons.